The summed E-state index contributed by atoms with van der Waals surface area (Å²) in [5.74, 6) is -0.0951. The average Bonchev–Trinajstić information content (AvgIpc) is 2.83. The molecule has 1 N–H and O–H groups in total. The van der Waals surface area contributed by atoms with Gasteiger partial charge < -0.3 is 5.32 Å². The highest BCUT2D eigenvalue weighted by molar-refractivity contribution is 8.18. The van der Waals surface area contributed by atoms with Crippen LogP contribution in [0.1, 0.15) is 22.3 Å². The fourth-order valence-electron chi connectivity index (χ4n) is 2.35. The van der Waals surface area contributed by atoms with E-state index in [2.05, 4.69) is 28.5 Å². The Morgan fingerprint density at radius 1 is 1.04 bits per heavy atom. The second kappa shape index (κ2) is 6.42. The van der Waals surface area contributed by atoms with E-state index in [9.17, 15) is 4.79 Å². The molecule has 0 radical (unpaired) electrons. The molecule has 0 saturated carbocycles. The van der Waals surface area contributed by atoms with Gasteiger partial charge in [-0.2, -0.15) is 0 Å². The van der Waals surface area contributed by atoms with Crippen LogP contribution >= 0.6 is 11.8 Å². The molecule has 0 atom stereocenters. The van der Waals surface area contributed by atoms with Crippen LogP contribution in [0.4, 0.5) is 5.69 Å². The summed E-state index contributed by atoms with van der Waals surface area (Å²) in [6.45, 7) is 6.12. The Bertz CT molecular complexity index is 837. The molecule has 0 aliphatic carbocycles. The quantitative estimate of drug-likeness (QED) is 0.827. The number of nitrogens with zero attached hydrogens (tertiary/aromatic N) is 1. The molecule has 1 fully saturated rings. The molecular weight excluding hydrogens is 304 g/mol. The van der Waals surface area contributed by atoms with E-state index < -0.39 is 0 Å². The molecule has 0 bridgehead atoms. The van der Waals surface area contributed by atoms with Gasteiger partial charge in [0.15, 0.2) is 5.17 Å². The van der Waals surface area contributed by atoms with Crippen molar-refractivity contribution in [3.05, 3.63) is 69.6 Å². The molecule has 4 heteroatoms. The standard InChI is InChI=1S/C19H18N2OS/c1-12-5-4-6-16(10-12)20-19-21-18(22)17(23-19)11-15-9-13(2)7-8-14(15)3/h4-11H,1-3H3,(H,20,21,22). The number of thioether (sulfide) groups is 1. The third-order valence-corrected chi connectivity index (χ3v) is 4.51. The second-order valence-corrected chi connectivity index (χ2v) is 6.71. The van der Waals surface area contributed by atoms with Gasteiger partial charge in [0.25, 0.3) is 5.91 Å². The van der Waals surface area contributed by atoms with E-state index in [4.69, 9.17) is 0 Å². The van der Waals surface area contributed by atoms with Gasteiger partial charge in [0, 0.05) is 0 Å². The van der Waals surface area contributed by atoms with Crippen molar-refractivity contribution in [2.75, 3.05) is 0 Å². The Morgan fingerprint density at radius 3 is 2.61 bits per heavy atom. The van der Waals surface area contributed by atoms with Crippen molar-refractivity contribution < 1.29 is 4.79 Å². The molecule has 1 saturated heterocycles. The van der Waals surface area contributed by atoms with Crippen LogP contribution < -0.4 is 5.32 Å². The number of amidine groups is 1. The van der Waals surface area contributed by atoms with Crippen molar-refractivity contribution in [1.82, 2.24) is 5.32 Å². The lowest BCUT2D eigenvalue weighted by atomic mass is 10.1. The van der Waals surface area contributed by atoms with Gasteiger partial charge in [-0.25, -0.2) is 4.99 Å². The molecule has 1 amide bonds. The highest BCUT2D eigenvalue weighted by atomic mass is 32.2. The molecule has 0 unspecified atom stereocenters. The smallest absolute Gasteiger partial charge is 0.264 e. The highest BCUT2D eigenvalue weighted by Gasteiger charge is 2.23. The maximum absolute atomic E-state index is 12.2. The minimum Gasteiger partial charge on any atom is -0.300 e. The number of aryl methyl sites for hydroxylation is 3. The summed E-state index contributed by atoms with van der Waals surface area (Å²) in [6.07, 6.45) is 1.93. The molecule has 116 valence electrons. The zero-order chi connectivity index (χ0) is 16.4. The number of amides is 1. The summed E-state index contributed by atoms with van der Waals surface area (Å²) >= 11 is 1.38. The molecular formula is C19H18N2OS. The monoisotopic (exact) mass is 322 g/mol. The normalized spacial score (nSPS) is 17.8. The molecule has 3 nitrogen and oxygen atoms in total. The van der Waals surface area contributed by atoms with Crippen molar-refractivity contribution in [3.63, 3.8) is 0 Å². The van der Waals surface area contributed by atoms with Gasteiger partial charge in [0.1, 0.15) is 0 Å². The van der Waals surface area contributed by atoms with E-state index in [-0.39, 0.29) is 5.91 Å². The first kappa shape index (κ1) is 15.6. The largest absolute Gasteiger partial charge is 0.300 e. The Balaban J connectivity index is 1.88. The SMILES string of the molecule is Cc1cccc(N=C2NC(=O)C(=Cc3cc(C)ccc3C)S2)c1. The maximum Gasteiger partial charge on any atom is 0.264 e. The van der Waals surface area contributed by atoms with E-state index in [1.807, 2.05) is 51.1 Å². The van der Waals surface area contributed by atoms with Gasteiger partial charge in [0.2, 0.25) is 0 Å². The third kappa shape index (κ3) is 3.71. The van der Waals surface area contributed by atoms with Crippen LogP contribution in [0.25, 0.3) is 6.08 Å². The molecule has 2 aromatic carbocycles. The predicted octanol–water partition coefficient (Wildman–Crippen LogP) is 4.50. The van der Waals surface area contributed by atoms with Crippen LogP contribution in [0, 0.1) is 20.8 Å². The van der Waals surface area contributed by atoms with E-state index in [1.54, 1.807) is 0 Å². The highest BCUT2D eigenvalue weighted by Crippen LogP contribution is 2.29. The number of hydrogen-bond acceptors (Lipinski definition) is 3. The lowest BCUT2D eigenvalue weighted by Gasteiger charge is -2.02. The number of carbonyl (C=O) groups excluding carboxylic acids is 1. The number of benzene rings is 2. The van der Waals surface area contributed by atoms with E-state index in [0.717, 1.165) is 22.4 Å². The Labute approximate surface area is 140 Å². The molecule has 1 aliphatic heterocycles. The summed E-state index contributed by atoms with van der Waals surface area (Å²) in [6, 6.07) is 14.1. The Hall–Kier alpha value is -2.33. The summed E-state index contributed by atoms with van der Waals surface area (Å²) in [7, 11) is 0. The summed E-state index contributed by atoms with van der Waals surface area (Å²) in [5, 5.41) is 3.45. The van der Waals surface area contributed by atoms with E-state index >= 15 is 0 Å². The Morgan fingerprint density at radius 2 is 1.83 bits per heavy atom. The van der Waals surface area contributed by atoms with Crippen LogP contribution in [-0.4, -0.2) is 11.1 Å². The van der Waals surface area contributed by atoms with Gasteiger partial charge in [-0.05, 0) is 67.4 Å². The lowest BCUT2D eigenvalue weighted by molar-refractivity contribution is -0.115. The summed E-state index contributed by atoms with van der Waals surface area (Å²) < 4.78 is 0. The second-order valence-electron chi connectivity index (χ2n) is 5.68. The van der Waals surface area contributed by atoms with Crippen molar-refractivity contribution >= 4 is 34.6 Å². The van der Waals surface area contributed by atoms with Gasteiger partial charge >= 0.3 is 0 Å². The molecule has 0 aromatic heterocycles. The topological polar surface area (TPSA) is 41.5 Å². The first-order chi connectivity index (χ1) is 11.0. The number of rotatable bonds is 2. The fraction of sp³-hybridized carbons (Fsp3) is 0.158. The maximum atomic E-state index is 12.2. The van der Waals surface area contributed by atoms with Crippen LogP contribution in [0.3, 0.4) is 0 Å². The zero-order valence-corrected chi connectivity index (χ0v) is 14.2. The zero-order valence-electron chi connectivity index (χ0n) is 13.4. The number of carbonyl (C=O) groups is 1. The fourth-order valence-corrected chi connectivity index (χ4v) is 3.18. The molecule has 3 rings (SSSR count). The van der Waals surface area contributed by atoms with Crippen LogP contribution in [0.15, 0.2) is 52.4 Å². The van der Waals surface area contributed by atoms with Crippen molar-refractivity contribution in [2.45, 2.75) is 20.8 Å². The van der Waals surface area contributed by atoms with E-state index in [1.165, 1.54) is 17.3 Å². The van der Waals surface area contributed by atoms with Gasteiger partial charge in [-0.3, -0.25) is 4.79 Å². The van der Waals surface area contributed by atoms with Crippen molar-refractivity contribution in [3.8, 4) is 0 Å². The van der Waals surface area contributed by atoms with Crippen molar-refractivity contribution in [2.24, 2.45) is 4.99 Å². The lowest BCUT2D eigenvalue weighted by Crippen LogP contribution is -2.19. The molecule has 1 heterocycles. The van der Waals surface area contributed by atoms with E-state index in [0.29, 0.717) is 10.1 Å². The van der Waals surface area contributed by atoms with Crippen LogP contribution in [0.5, 0.6) is 0 Å². The summed E-state index contributed by atoms with van der Waals surface area (Å²) in [5.41, 5.74) is 5.40. The summed E-state index contributed by atoms with van der Waals surface area (Å²) in [4.78, 5) is 17.3. The molecule has 0 spiro atoms. The molecule has 1 aliphatic rings. The minimum absolute atomic E-state index is 0.0951. The minimum atomic E-state index is -0.0951. The third-order valence-electron chi connectivity index (χ3n) is 3.60. The van der Waals surface area contributed by atoms with Crippen LogP contribution in [0.2, 0.25) is 0 Å². The number of nitrogens with one attached hydrogen (secondary N) is 1. The van der Waals surface area contributed by atoms with Gasteiger partial charge in [-0.1, -0.05) is 35.9 Å². The first-order valence-electron chi connectivity index (χ1n) is 7.45. The number of hydrogen-bond donors (Lipinski definition) is 1. The predicted molar refractivity (Wildman–Crippen MR) is 97.9 cm³/mol. The average molecular weight is 322 g/mol. The Kier molecular flexibility index (Phi) is 4.35. The first-order valence-corrected chi connectivity index (χ1v) is 8.26. The molecule has 2 aromatic rings. The van der Waals surface area contributed by atoms with Crippen LogP contribution in [-0.2, 0) is 4.79 Å². The van der Waals surface area contributed by atoms with Gasteiger partial charge in [-0.15, -0.1) is 0 Å². The van der Waals surface area contributed by atoms with Gasteiger partial charge in [0.05, 0.1) is 10.6 Å². The number of aliphatic imine (C=N–C) groups is 1. The molecule has 23 heavy (non-hydrogen) atoms. The van der Waals surface area contributed by atoms with Crippen molar-refractivity contribution in [1.29, 1.82) is 0 Å².